The Bertz CT molecular complexity index is 210. The molecule has 15 heavy (non-hydrogen) atoms. The summed E-state index contributed by atoms with van der Waals surface area (Å²) in [7, 11) is 0. The molecule has 2 saturated heterocycles. The lowest BCUT2D eigenvalue weighted by molar-refractivity contribution is -0.0885. The van der Waals surface area contributed by atoms with Crippen LogP contribution in [0.5, 0.6) is 0 Å². The van der Waals surface area contributed by atoms with Crippen LogP contribution in [0.25, 0.3) is 0 Å². The fourth-order valence-electron chi connectivity index (χ4n) is 2.84. The Kier molecular flexibility index (Phi) is 3.06. The van der Waals surface area contributed by atoms with Crippen LogP contribution in [-0.4, -0.2) is 42.8 Å². The minimum Gasteiger partial charge on any atom is -0.378 e. The van der Waals surface area contributed by atoms with Crippen LogP contribution < -0.4 is 5.73 Å². The molecule has 2 heterocycles. The molecule has 0 aromatic rings. The van der Waals surface area contributed by atoms with E-state index in [1.165, 1.54) is 6.54 Å². The lowest BCUT2D eigenvalue weighted by atomic mass is 9.87. The third-order valence-corrected chi connectivity index (χ3v) is 3.37. The Morgan fingerprint density at radius 1 is 1.20 bits per heavy atom. The molecule has 3 atom stereocenters. The SMILES string of the molecule is CC(C)(C)CN1[C@@H]2COC[C@H]1CC(N)C2. The highest BCUT2D eigenvalue weighted by atomic mass is 16.5. The van der Waals surface area contributed by atoms with Crippen LogP contribution >= 0.6 is 0 Å². The molecule has 0 spiro atoms. The maximum absolute atomic E-state index is 6.07. The Hall–Kier alpha value is -0.120. The van der Waals surface area contributed by atoms with E-state index in [-0.39, 0.29) is 0 Å². The molecule has 2 N–H and O–H groups in total. The minimum atomic E-state index is 0.370. The summed E-state index contributed by atoms with van der Waals surface area (Å²) in [6.07, 6.45) is 2.21. The van der Waals surface area contributed by atoms with Gasteiger partial charge in [-0.3, -0.25) is 4.90 Å². The zero-order valence-electron chi connectivity index (χ0n) is 10.2. The summed E-state index contributed by atoms with van der Waals surface area (Å²) in [4.78, 5) is 2.63. The molecule has 2 fully saturated rings. The van der Waals surface area contributed by atoms with Gasteiger partial charge in [-0.1, -0.05) is 20.8 Å². The first-order valence-corrected chi connectivity index (χ1v) is 6.05. The van der Waals surface area contributed by atoms with Crippen LogP contribution in [0.3, 0.4) is 0 Å². The van der Waals surface area contributed by atoms with Gasteiger partial charge in [-0.15, -0.1) is 0 Å². The van der Waals surface area contributed by atoms with E-state index >= 15 is 0 Å². The number of rotatable bonds is 1. The highest BCUT2D eigenvalue weighted by molar-refractivity contribution is 4.94. The van der Waals surface area contributed by atoms with Gasteiger partial charge in [0.05, 0.1) is 13.2 Å². The molecular weight excluding hydrogens is 188 g/mol. The van der Waals surface area contributed by atoms with Crippen LogP contribution in [0.15, 0.2) is 0 Å². The predicted molar refractivity (Wildman–Crippen MR) is 61.8 cm³/mol. The molecule has 0 radical (unpaired) electrons. The average Bonchev–Trinajstić information content (AvgIpc) is 2.04. The third kappa shape index (κ3) is 2.71. The number of ether oxygens (including phenoxy) is 1. The number of piperidine rings is 1. The summed E-state index contributed by atoms with van der Waals surface area (Å²) < 4.78 is 5.63. The van der Waals surface area contributed by atoms with Gasteiger partial charge in [0.1, 0.15) is 0 Å². The van der Waals surface area contributed by atoms with Crippen LogP contribution in [-0.2, 0) is 4.74 Å². The van der Waals surface area contributed by atoms with Gasteiger partial charge in [-0.25, -0.2) is 0 Å². The number of hydrogen-bond acceptors (Lipinski definition) is 3. The molecule has 2 aliphatic rings. The van der Waals surface area contributed by atoms with Crippen LogP contribution in [0.2, 0.25) is 0 Å². The smallest absolute Gasteiger partial charge is 0.0623 e. The Morgan fingerprint density at radius 3 is 2.20 bits per heavy atom. The molecule has 0 aliphatic carbocycles. The number of nitrogens with two attached hydrogens (primary N) is 1. The summed E-state index contributed by atoms with van der Waals surface area (Å²) in [5.41, 5.74) is 6.44. The maximum Gasteiger partial charge on any atom is 0.0623 e. The second kappa shape index (κ2) is 4.04. The van der Waals surface area contributed by atoms with Crippen molar-refractivity contribution >= 4 is 0 Å². The number of fused-ring (bicyclic) bond motifs is 2. The zero-order chi connectivity index (χ0) is 11.1. The van der Waals surface area contributed by atoms with Crippen molar-refractivity contribution in [1.29, 1.82) is 0 Å². The van der Waals surface area contributed by atoms with E-state index in [0.717, 1.165) is 26.1 Å². The van der Waals surface area contributed by atoms with Gasteiger partial charge < -0.3 is 10.5 Å². The van der Waals surface area contributed by atoms with Gasteiger partial charge in [-0.2, -0.15) is 0 Å². The van der Waals surface area contributed by atoms with Gasteiger partial charge >= 0.3 is 0 Å². The van der Waals surface area contributed by atoms with Crippen LogP contribution in [0.4, 0.5) is 0 Å². The quantitative estimate of drug-likeness (QED) is 0.710. The van der Waals surface area contributed by atoms with Crippen molar-refractivity contribution in [3.05, 3.63) is 0 Å². The van der Waals surface area contributed by atoms with Gasteiger partial charge in [-0.05, 0) is 18.3 Å². The number of hydrogen-bond donors (Lipinski definition) is 1. The molecule has 0 aromatic heterocycles. The van der Waals surface area contributed by atoms with Crippen molar-refractivity contribution < 1.29 is 4.74 Å². The summed E-state index contributed by atoms with van der Waals surface area (Å²) in [6.45, 7) is 9.83. The van der Waals surface area contributed by atoms with E-state index in [9.17, 15) is 0 Å². The molecule has 0 amide bonds. The third-order valence-electron chi connectivity index (χ3n) is 3.37. The fraction of sp³-hybridized carbons (Fsp3) is 1.00. The Balaban J connectivity index is 2.04. The molecule has 1 unspecified atom stereocenters. The van der Waals surface area contributed by atoms with E-state index in [2.05, 4.69) is 25.7 Å². The molecule has 0 saturated carbocycles. The lowest BCUT2D eigenvalue weighted by Crippen LogP contribution is -2.61. The molecule has 0 aromatic carbocycles. The molecule has 2 aliphatic heterocycles. The highest BCUT2D eigenvalue weighted by Gasteiger charge is 2.39. The van der Waals surface area contributed by atoms with Crippen LogP contribution in [0, 0.1) is 5.41 Å². The van der Waals surface area contributed by atoms with Gasteiger partial charge in [0, 0.05) is 24.7 Å². The molecule has 2 bridgehead atoms. The Morgan fingerprint density at radius 2 is 1.73 bits per heavy atom. The van der Waals surface area contributed by atoms with E-state index in [1.807, 2.05) is 0 Å². The standard InChI is InChI=1S/C12H24N2O/c1-12(2,3)8-14-10-4-9(13)5-11(14)7-15-6-10/h9-11H,4-8,13H2,1-3H3/t9?,10-,11+. The Labute approximate surface area is 93.0 Å². The molecule has 3 heteroatoms. The van der Waals surface area contributed by atoms with E-state index < -0.39 is 0 Å². The molecular formula is C12H24N2O. The van der Waals surface area contributed by atoms with Crippen molar-refractivity contribution in [2.45, 2.75) is 51.7 Å². The minimum absolute atomic E-state index is 0.370. The normalized spacial score (nSPS) is 38.0. The number of morpholine rings is 1. The first kappa shape index (κ1) is 11.4. The second-order valence-corrected chi connectivity index (χ2v) is 6.31. The van der Waals surface area contributed by atoms with Crippen molar-refractivity contribution in [2.24, 2.45) is 11.1 Å². The number of nitrogens with zero attached hydrogens (tertiary/aromatic N) is 1. The average molecular weight is 212 g/mol. The zero-order valence-corrected chi connectivity index (χ0v) is 10.2. The van der Waals surface area contributed by atoms with Crippen molar-refractivity contribution in [3.8, 4) is 0 Å². The van der Waals surface area contributed by atoms with E-state index in [0.29, 0.717) is 23.5 Å². The van der Waals surface area contributed by atoms with Crippen molar-refractivity contribution in [2.75, 3.05) is 19.8 Å². The second-order valence-electron chi connectivity index (χ2n) is 6.31. The van der Waals surface area contributed by atoms with Gasteiger partial charge in [0.2, 0.25) is 0 Å². The maximum atomic E-state index is 6.07. The molecule has 2 rings (SSSR count). The summed E-state index contributed by atoms with van der Waals surface area (Å²) >= 11 is 0. The summed E-state index contributed by atoms with van der Waals surface area (Å²) in [6, 6.07) is 1.51. The molecule has 88 valence electrons. The van der Waals surface area contributed by atoms with Crippen molar-refractivity contribution in [1.82, 2.24) is 4.90 Å². The van der Waals surface area contributed by atoms with E-state index in [1.54, 1.807) is 0 Å². The van der Waals surface area contributed by atoms with Crippen molar-refractivity contribution in [3.63, 3.8) is 0 Å². The fourth-order valence-corrected chi connectivity index (χ4v) is 2.84. The predicted octanol–water partition coefficient (Wildman–Crippen LogP) is 1.22. The first-order valence-electron chi connectivity index (χ1n) is 6.05. The van der Waals surface area contributed by atoms with E-state index in [4.69, 9.17) is 10.5 Å². The van der Waals surface area contributed by atoms with Gasteiger partial charge in [0.15, 0.2) is 0 Å². The van der Waals surface area contributed by atoms with Gasteiger partial charge in [0.25, 0.3) is 0 Å². The topological polar surface area (TPSA) is 38.5 Å². The highest BCUT2D eigenvalue weighted by Crippen LogP contribution is 2.30. The van der Waals surface area contributed by atoms with Crippen LogP contribution in [0.1, 0.15) is 33.6 Å². The lowest BCUT2D eigenvalue weighted by Gasteiger charge is -2.49. The monoisotopic (exact) mass is 212 g/mol. The first-order chi connectivity index (χ1) is 6.96. The summed E-state index contributed by atoms with van der Waals surface area (Å²) in [5.74, 6) is 0. The summed E-state index contributed by atoms with van der Waals surface area (Å²) in [5, 5.41) is 0. The largest absolute Gasteiger partial charge is 0.378 e. The molecule has 3 nitrogen and oxygen atoms in total.